The molecular weight excluding hydrogens is 276 g/mol. The molecule has 106 valence electrons. The van der Waals surface area contributed by atoms with Crippen LogP contribution >= 0.6 is 0 Å². The van der Waals surface area contributed by atoms with E-state index in [0.29, 0.717) is 12.5 Å². The van der Waals surface area contributed by atoms with Gasteiger partial charge in [0.2, 0.25) is 10.0 Å². The summed E-state index contributed by atoms with van der Waals surface area (Å²) in [6, 6.07) is 2.52. The van der Waals surface area contributed by atoms with E-state index >= 15 is 0 Å². The van der Waals surface area contributed by atoms with Gasteiger partial charge in [0, 0.05) is 13.1 Å². The maximum Gasteiger partial charge on any atom is 0.243 e. The summed E-state index contributed by atoms with van der Waals surface area (Å²) in [7, 11) is -3.83. The monoisotopic (exact) mass is 291 g/mol. The van der Waals surface area contributed by atoms with Crippen LogP contribution in [-0.4, -0.2) is 37.0 Å². The van der Waals surface area contributed by atoms with E-state index in [2.05, 4.69) is 0 Å². The van der Waals surface area contributed by atoms with Crippen LogP contribution in [0.15, 0.2) is 23.1 Å². The van der Waals surface area contributed by atoms with Crippen LogP contribution in [-0.2, 0) is 10.0 Å². The second kappa shape index (κ2) is 5.15. The molecule has 1 saturated heterocycles. The summed E-state index contributed by atoms with van der Waals surface area (Å²) < 4.78 is 51.6. The van der Waals surface area contributed by atoms with Crippen molar-refractivity contribution < 1.29 is 22.3 Å². The lowest BCUT2D eigenvalue weighted by molar-refractivity contribution is 0.133. The molecule has 0 aliphatic carbocycles. The highest BCUT2D eigenvalue weighted by Gasteiger charge is 2.34. The Bertz CT molecular complexity index is 574. The van der Waals surface area contributed by atoms with Crippen molar-refractivity contribution in [3.63, 3.8) is 0 Å². The quantitative estimate of drug-likeness (QED) is 0.914. The van der Waals surface area contributed by atoms with Crippen molar-refractivity contribution in [3.05, 3.63) is 29.8 Å². The normalized spacial score (nSPS) is 22.6. The van der Waals surface area contributed by atoms with Gasteiger partial charge in [0.25, 0.3) is 0 Å². The Kier molecular flexibility index (Phi) is 3.89. The summed E-state index contributed by atoms with van der Waals surface area (Å²) in [5, 5.41) is 9.46. The molecule has 2 rings (SSSR count). The first-order chi connectivity index (χ1) is 8.82. The number of benzene rings is 1. The van der Waals surface area contributed by atoms with Gasteiger partial charge in [-0.25, -0.2) is 17.2 Å². The topological polar surface area (TPSA) is 57.6 Å². The molecule has 0 spiro atoms. The standard InChI is InChI=1S/C12H15F2NO3S/c1-8(16)9-4-5-15(7-9)19(17,18)10-2-3-11(13)12(14)6-10/h2-3,6,8-9,16H,4-5,7H2,1H3. The van der Waals surface area contributed by atoms with Crippen LogP contribution in [0.2, 0.25) is 0 Å². The molecule has 1 N–H and O–H groups in total. The van der Waals surface area contributed by atoms with Crippen molar-refractivity contribution in [1.82, 2.24) is 4.31 Å². The molecule has 0 saturated carbocycles. The van der Waals surface area contributed by atoms with Gasteiger partial charge in [-0.2, -0.15) is 4.31 Å². The van der Waals surface area contributed by atoms with Gasteiger partial charge in [-0.1, -0.05) is 0 Å². The third-order valence-corrected chi connectivity index (χ3v) is 5.26. The number of nitrogens with zero attached hydrogens (tertiary/aromatic N) is 1. The molecule has 0 aromatic heterocycles. The lowest BCUT2D eigenvalue weighted by atomic mass is 10.0. The highest BCUT2D eigenvalue weighted by molar-refractivity contribution is 7.89. The number of aliphatic hydroxyl groups is 1. The van der Waals surface area contributed by atoms with Gasteiger partial charge in [-0.3, -0.25) is 0 Å². The minimum Gasteiger partial charge on any atom is -0.393 e. The van der Waals surface area contributed by atoms with E-state index in [1.54, 1.807) is 6.92 Å². The van der Waals surface area contributed by atoms with Crippen LogP contribution in [0.1, 0.15) is 13.3 Å². The van der Waals surface area contributed by atoms with E-state index in [-0.39, 0.29) is 23.9 Å². The van der Waals surface area contributed by atoms with Gasteiger partial charge in [0.15, 0.2) is 11.6 Å². The van der Waals surface area contributed by atoms with Crippen molar-refractivity contribution in [2.45, 2.75) is 24.3 Å². The minimum absolute atomic E-state index is 0.125. The molecule has 1 aliphatic rings. The number of aliphatic hydroxyl groups excluding tert-OH is 1. The van der Waals surface area contributed by atoms with Crippen LogP contribution in [0, 0.1) is 17.6 Å². The highest BCUT2D eigenvalue weighted by atomic mass is 32.2. The van der Waals surface area contributed by atoms with E-state index < -0.39 is 27.8 Å². The second-order valence-corrected chi connectivity index (χ2v) is 6.67. The van der Waals surface area contributed by atoms with Gasteiger partial charge in [-0.05, 0) is 37.5 Å². The molecule has 0 amide bonds. The average Bonchev–Trinajstić information content (AvgIpc) is 2.82. The number of halogens is 2. The third kappa shape index (κ3) is 2.77. The molecular formula is C12H15F2NO3S. The molecule has 0 bridgehead atoms. The molecule has 2 atom stereocenters. The predicted molar refractivity (Wildman–Crippen MR) is 64.9 cm³/mol. The molecule has 1 aliphatic heterocycles. The molecule has 1 aromatic rings. The Morgan fingerprint density at radius 1 is 1.37 bits per heavy atom. The van der Waals surface area contributed by atoms with Gasteiger partial charge >= 0.3 is 0 Å². The predicted octanol–water partition coefficient (Wildman–Crippen LogP) is 1.36. The maximum atomic E-state index is 13.1. The third-order valence-electron chi connectivity index (χ3n) is 3.40. The smallest absolute Gasteiger partial charge is 0.243 e. The molecule has 1 aromatic carbocycles. The largest absolute Gasteiger partial charge is 0.393 e. The van der Waals surface area contributed by atoms with Gasteiger partial charge in [-0.15, -0.1) is 0 Å². The van der Waals surface area contributed by atoms with Crippen molar-refractivity contribution in [2.75, 3.05) is 13.1 Å². The van der Waals surface area contributed by atoms with Crippen molar-refractivity contribution >= 4 is 10.0 Å². The van der Waals surface area contributed by atoms with Crippen LogP contribution in [0.5, 0.6) is 0 Å². The summed E-state index contributed by atoms with van der Waals surface area (Å²) in [4.78, 5) is -0.266. The van der Waals surface area contributed by atoms with Crippen molar-refractivity contribution in [2.24, 2.45) is 5.92 Å². The fourth-order valence-corrected chi connectivity index (χ4v) is 3.68. The number of sulfonamides is 1. The summed E-state index contributed by atoms with van der Waals surface area (Å²) in [5.41, 5.74) is 0. The first-order valence-electron chi connectivity index (χ1n) is 5.95. The van der Waals surface area contributed by atoms with Crippen molar-refractivity contribution in [1.29, 1.82) is 0 Å². The molecule has 4 nitrogen and oxygen atoms in total. The number of rotatable bonds is 3. The van der Waals surface area contributed by atoms with E-state index in [1.807, 2.05) is 0 Å². The van der Waals surface area contributed by atoms with Crippen LogP contribution in [0.4, 0.5) is 8.78 Å². The minimum atomic E-state index is -3.83. The molecule has 1 fully saturated rings. The average molecular weight is 291 g/mol. The zero-order valence-electron chi connectivity index (χ0n) is 10.4. The first-order valence-corrected chi connectivity index (χ1v) is 7.39. The van der Waals surface area contributed by atoms with Gasteiger partial charge in [0.1, 0.15) is 0 Å². The summed E-state index contributed by atoms with van der Waals surface area (Å²) in [6.07, 6.45) is -0.0363. The Labute approximate surface area is 110 Å². The van der Waals surface area contributed by atoms with Crippen molar-refractivity contribution in [3.8, 4) is 0 Å². The highest BCUT2D eigenvalue weighted by Crippen LogP contribution is 2.26. The zero-order valence-corrected chi connectivity index (χ0v) is 11.2. The van der Waals surface area contributed by atoms with E-state index in [1.165, 1.54) is 4.31 Å². The van der Waals surface area contributed by atoms with Crippen LogP contribution in [0.25, 0.3) is 0 Å². The molecule has 0 radical (unpaired) electrons. The molecule has 19 heavy (non-hydrogen) atoms. The van der Waals surface area contributed by atoms with E-state index in [4.69, 9.17) is 0 Å². The Morgan fingerprint density at radius 2 is 2.05 bits per heavy atom. The molecule has 2 unspecified atom stereocenters. The number of hydrogen-bond donors (Lipinski definition) is 1. The van der Waals surface area contributed by atoms with Crippen LogP contribution < -0.4 is 0 Å². The van der Waals surface area contributed by atoms with Gasteiger partial charge < -0.3 is 5.11 Å². The Balaban J connectivity index is 2.26. The van der Waals surface area contributed by atoms with Gasteiger partial charge in [0.05, 0.1) is 11.0 Å². The summed E-state index contributed by atoms with van der Waals surface area (Å²) >= 11 is 0. The first kappa shape index (κ1) is 14.4. The van der Waals surface area contributed by atoms with Crippen LogP contribution in [0.3, 0.4) is 0 Å². The fraction of sp³-hybridized carbons (Fsp3) is 0.500. The second-order valence-electron chi connectivity index (χ2n) is 4.73. The Morgan fingerprint density at radius 3 is 2.58 bits per heavy atom. The fourth-order valence-electron chi connectivity index (χ4n) is 2.15. The lowest BCUT2D eigenvalue weighted by Crippen LogP contribution is -2.30. The van der Waals surface area contributed by atoms with E-state index in [0.717, 1.165) is 12.1 Å². The number of hydrogen-bond acceptors (Lipinski definition) is 3. The lowest BCUT2D eigenvalue weighted by Gasteiger charge is -2.17. The Hall–Kier alpha value is -1.05. The maximum absolute atomic E-state index is 13.1. The van der Waals surface area contributed by atoms with E-state index in [9.17, 15) is 22.3 Å². The zero-order chi connectivity index (χ0) is 14.2. The summed E-state index contributed by atoms with van der Waals surface area (Å²) in [5.74, 6) is -2.39. The SMILES string of the molecule is CC(O)C1CCN(S(=O)(=O)c2ccc(F)c(F)c2)C1. The molecule has 1 heterocycles. The summed E-state index contributed by atoms with van der Waals surface area (Å²) in [6.45, 7) is 2.08. The molecule has 7 heteroatoms.